The first kappa shape index (κ1) is 18.5. The van der Waals surface area contributed by atoms with E-state index in [0.29, 0.717) is 17.5 Å². The second-order valence-electron chi connectivity index (χ2n) is 5.36. The maximum absolute atomic E-state index is 12.0. The number of hydrogen-bond donors (Lipinski definition) is 1. The van der Waals surface area contributed by atoms with Crippen LogP contribution in [-0.2, 0) is 4.79 Å². The van der Waals surface area contributed by atoms with Crippen molar-refractivity contribution in [1.82, 2.24) is 25.5 Å². The summed E-state index contributed by atoms with van der Waals surface area (Å²) >= 11 is 3.12. The number of nitrogens with zero attached hydrogens (tertiary/aromatic N) is 4. The predicted octanol–water partition coefficient (Wildman–Crippen LogP) is 3.05. The highest BCUT2D eigenvalue weighted by atomic mass is 32.2. The van der Waals surface area contributed by atoms with Crippen molar-refractivity contribution in [3.8, 4) is 5.69 Å². The number of tetrazole rings is 1. The summed E-state index contributed by atoms with van der Waals surface area (Å²) in [6, 6.07) is 19.9. The fraction of sp³-hybridized carbons (Fsp3) is 0.222. The van der Waals surface area contributed by atoms with Gasteiger partial charge in [-0.3, -0.25) is 4.79 Å². The molecule has 3 aromatic rings. The average molecular weight is 386 g/mol. The molecule has 0 atom stereocenters. The SMILES string of the molecule is O=C(CSc1nnnn1-c1ccccc1)NCCCSc1ccccc1. The lowest BCUT2D eigenvalue weighted by Crippen LogP contribution is -2.26. The van der Waals surface area contributed by atoms with Crippen LogP contribution in [0.5, 0.6) is 0 Å². The van der Waals surface area contributed by atoms with E-state index in [4.69, 9.17) is 0 Å². The van der Waals surface area contributed by atoms with E-state index in [1.807, 2.05) is 48.5 Å². The molecule has 0 fully saturated rings. The van der Waals surface area contributed by atoms with Crippen LogP contribution in [0.2, 0.25) is 0 Å². The van der Waals surface area contributed by atoms with Crippen molar-refractivity contribution in [1.29, 1.82) is 0 Å². The first-order valence-electron chi connectivity index (χ1n) is 8.24. The number of benzene rings is 2. The minimum absolute atomic E-state index is 0.0117. The van der Waals surface area contributed by atoms with Crippen LogP contribution < -0.4 is 5.32 Å². The molecule has 6 nitrogen and oxygen atoms in total. The summed E-state index contributed by atoms with van der Waals surface area (Å²) in [7, 11) is 0. The first-order valence-corrected chi connectivity index (χ1v) is 10.2. The van der Waals surface area contributed by atoms with Crippen molar-refractivity contribution in [2.75, 3.05) is 18.1 Å². The van der Waals surface area contributed by atoms with Crippen LogP contribution in [0.4, 0.5) is 0 Å². The van der Waals surface area contributed by atoms with Crippen LogP contribution in [-0.4, -0.2) is 44.2 Å². The molecule has 1 N–H and O–H groups in total. The number of rotatable bonds is 9. The molecule has 134 valence electrons. The average Bonchev–Trinajstić information content (AvgIpc) is 3.16. The van der Waals surface area contributed by atoms with Crippen LogP contribution >= 0.6 is 23.5 Å². The zero-order valence-electron chi connectivity index (χ0n) is 14.1. The van der Waals surface area contributed by atoms with Gasteiger partial charge in [0.15, 0.2) is 0 Å². The van der Waals surface area contributed by atoms with Crippen LogP contribution in [0.15, 0.2) is 70.7 Å². The second-order valence-corrected chi connectivity index (χ2v) is 7.47. The molecule has 3 rings (SSSR count). The number of aromatic nitrogens is 4. The highest BCUT2D eigenvalue weighted by molar-refractivity contribution is 7.99. The summed E-state index contributed by atoms with van der Waals surface area (Å²) in [6.45, 7) is 0.669. The summed E-state index contributed by atoms with van der Waals surface area (Å²) in [5, 5.41) is 15.2. The van der Waals surface area contributed by atoms with Crippen LogP contribution in [0, 0.1) is 0 Å². The topological polar surface area (TPSA) is 72.7 Å². The number of para-hydroxylation sites is 1. The highest BCUT2D eigenvalue weighted by Gasteiger charge is 2.11. The summed E-state index contributed by atoms with van der Waals surface area (Å²) in [5.41, 5.74) is 0.873. The largest absolute Gasteiger partial charge is 0.355 e. The summed E-state index contributed by atoms with van der Waals surface area (Å²) in [5.74, 6) is 1.25. The molecular formula is C18H19N5OS2. The lowest BCUT2D eigenvalue weighted by atomic mass is 10.3. The fourth-order valence-corrected chi connectivity index (χ4v) is 3.78. The third kappa shape index (κ3) is 5.60. The first-order chi connectivity index (χ1) is 12.8. The van der Waals surface area contributed by atoms with Gasteiger partial charge in [0.1, 0.15) is 0 Å². The molecule has 8 heteroatoms. The third-order valence-corrected chi connectivity index (χ3v) is 5.45. The van der Waals surface area contributed by atoms with Gasteiger partial charge in [-0.25, -0.2) is 0 Å². The van der Waals surface area contributed by atoms with E-state index in [2.05, 4.69) is 33.0 Å². The van der Waals surface area contributed by atoms with Gasteiger partial charge in [0, 0.05) is 11.4 Å². The van der Waals surface area contributed by atoms with Gasteiger partial charge in [-0.05, 0) is 46.9 Å². The molecule has 1 heterocycles. The van der Waals surface area contributed by atoms with Gasteiger partial charge in [-0.15, -0.1) is 16.9 Å². The molecule has 1 amide bonds. The van der Waals surface area contributed by atoms with Gasteiger partial charge >= 0.3 is 0 Å². The van der Waals surface area contributed by atoms with Gasteiger partial charge in [-0.1, -0.05) is 48.2 Å². The van der Waals surface area contributed by atoms with E-state index in [1.54, 1.807) is 16.4 Å². The summed E-state index contributed by atoms with van der Waals surface area (Å²) in [4.78, 5) is 13.3. The maximum Gasteiger partial charge on any atom is 0.230 e. The van der Waals surface area contributed by atoms with E-state index >= 15 is 0 Å². The van der Waals surface area contributed by atoms with E-state index in [1.165, 1.54) is 16.7 Å². The highest BCUT2D eigenvalue weighted by Crippen LogP contribution is 2.18. The standard InChI is InChI=1S/C18H19N5OS2/c24-17(19-12-7-13-25-16-10-5-2-6-11-16)14-26-18-20-21-22-23(18)15-8-3-1-4-9-15/h1-6,8-11H,7,12-14H2,(H,19,24). The Bertz CT molecular complexity index is 811. The molecular weight excluding hydrogens is 366 g/mol. The quantitative estimate of drug-likeness (QED) is 0.451. The second kappa shape index (κ2) is 9.98. The number of carbonyl (C=O) groups excluding carboxylic acids is 1. The van der Waals surface area contributed by atoms with Crippen LogP contribution in [0.3, 0.4) is 0 Å². The Balaban J connectivity index is 1.37. The van der Waals surface area contributed by atoms with Crippen molar-refractivity contribution >= 4 is 29.4 Å². The maximum atomic E-state index is 12.0. The van der Waals surface area contributed by atoms with E-state index < -0.39 is 0 Å². The van der Waals surface area contributed by atoms with Crippen molar-refractivity contribution < 1.29 is 4.79 Å². The van der Waals surface area contributed by atoms with Gasteiger partial charge in [0.05, 0.1) is 11.4 Å². The monoisotopic (exact) mass is 385 g/mol. The number of amides is 1. The van der Waals surface area contributed by atoms with E-state index in [0.717, 1.165) is 17.9 Å². The molecule has 0 aliphatic carbocycles. The molecule has 0 saturated heterocycles. The van der Waals surface area contributed by atoms with Crippen molar-refractivity contribution in [2.24, 2.45) is 0 Å². The van der Waals surface area contributed by atoms with Crippen molar-refractivity contribution in [3.63, 3.8) is 0 Å². The molecule has 0 aliphatic rings. The number of carbonyl (C=O) groups is 1. The van der Waals surface area contributed by atoms with Crippen LogP contribution in [0.25, 0.3) is 5.69 Å². The Hall–Kier alpha value is -2.32. The Morgan fingerprint density at radius 3 is 2.50 bits per heavy atom. The molecule has 0 unspecified atom stereocenters. The molecule has 0 saturated carbocycles. The lowest BCUT2D eigenvalue weighted by Gasteiger charge is -2.06. The Morgan fingerprint density at radius 2 is 1.73 bits per heavy atom. The zero-order chi connectivity index (χ0) is 18.0. The fourth-order valence-electron chi connectivity index (χ4n) is 2.19. The van der Waals surface area contributed by atoms with E-state index in [9.17, 15) is 4.79 Å². The third-order valence-electron chi connectivity index (χ3n) is 3.43. The molecule has 0 spiro atoms. The van der Waals surface area contributed by atoms with Crippen LogP contribution in [0.1, 0.15) is 6.42 Å². The molecule has 0 aliphatic heterocycles. The summed E-state index contributed by atoms with van der Waals surface area (Å²) in [6.07, 6.45) is 0.928. The minimum Gasteiger partial charge on any atom is -0.355 e. The van der Waals surface area contributed by atoms with Crippen molar-refractivity contribution in [2.45, 2.75) is 16.5 Å². The predicted molar refractivity (Wildman–Crippen MR) is 105 cm³/mol. The lowest BCUT2D eigenvalue weighted by molar-refractivity contribution is -0.118. The number of hydrogen-bond acceptors (Lipinski definition) is 6. The Labute approximate surface area is 160 Å². The number of thioether (sulfide) groups is 2. The zero-order valence-corrected chi connectivity index (χ0v) is 15.7. The van der Waals surface area contributed by atoms with Gasteiger partial charge in [0.2, 0.25) is 11.1 Å². The Kier molecular flexibility index (Phi) is 7.09. The van der Waals surface area contributed by atoms with Gasteiger partial charge < -0.3 is 5.32 Å². The molecule has 0 radical (unpaired) electrons. The number of nitrogens with one attached hydrogen (secondary N) is 1. The molecule has 2 aromatic carbocycles. The Morgan fingerprint density at radius 1 is 1.00 bits per heavy atom. The molecule has 0 bridgehead atoms. The summed E-state index contributed by atoms with van der Waals surface area (Å²) < 4.78 is 1.63. The van der Waals surface area contributed by atoms with Gasteiger partial charge in [-0.2, -0.15) is 4.68 Å². The van der Waals surface area contributed by atoms with Crippen molar-refractivity contribution in [3.05, 3.63) is 60.7 Å². The smallest absolute Gasteiger partial charge is 0.230 e. The van der Waals surface area contributed by atoms with Gasteiger partial charge in [0.25, 0.3) is 0 Å². The molecule has 26 heavy (non-hydrogen) atoms. The molecule has 1 aromatic heterocycles. The minimum atomic E-state index is -0.0117. The normalized spacial score (nSPS) is 10.6. The van der Waals surface area contributed by atoms with E-state index in [-0.39, 0.29) is 5.91 Å².